The molecule has 2 aromatic heterocycles. The molecule has 0 bridgehead atoms. The van der Waals surface area contributed by atoms with E-state index in [4.69, 9.17) is 16.0 Å². The number of fused-ring (bicyclic) bond motifs is 4. The molecule has 3 aromatic rings. The Bertz CT molecular complexity index is 1270. The highest BCUT2D eigenvalue weighted by atomic mass is 35.5. The van der Waals surface area contributed by atoms with Gasteiger partial charge in [0.2, 0.25) is 0 Å². The van der Waals surface area contributed by atoms with E-state index in [1.54, 1.807) is 6.20 Å². The first-order valence-corrected chi connectivity index (χ1v) is 12.9. The Morgan fingerprint density at radius 2 is 2.03 bits per heavy atom. The van der Waals surface area contributed by atoms with E-state index in [-0.39, 0.29) is 17.5 Å². The Hall–Kier alpha value is -3.19. The number of amides is 1. The molecule has 7 nitrogen and oxygen atoms in total. The molecular formula is C27H30ClN5O2. The van der Waals surface area contributed by atoms with Crippen molar-refractivity contribution in [3.8, 4) is 0 Å². The molecule has 1 saturated carbocycles. The third kappa shape index (κ3) is 4.01. The van der Waals surface area contributed by atoms with Crippen LogP contribution in [0.2, 0.25) is 5.02 Å². The molecule has 35 heavy (non-hydrogen) atoms. The molecule has 3 aliphatic rings. The van der Waals surface area contributed by atoms with Crippen molar-refractivity contribution in [2.45, 2.75) is 56.5 Å². The predicted octanol–water partition coefficient (Wildman–Crippen LogP) is 5.53. The van der Waals surface area contributed by atoms with Gasteiger partial charge >= 0.3 is 0 Å². The van der Waals surface area contributed by atoms with Crippen LogP contribution in [0.1, 0.15) is 61.1 Å². The number of aromatic nitrogens is 1. The number of piperidine rings is 1. The summed E-state index contributed by atoms with van der Waals surface area (Å²) in [5.74, 6) is 0.905. The Kier molecular flexibility index (Phi) is 5.60. The zero-order valence-corrected chi connectivity index (χ0v) is 20.5. The molecule has 2 aliphatic heterocycles. The Labute approximate surface area is 209 Å². The van der Waals surface area contributed by atoms with Gasteiger partial charge in [0.15, 0.2) is 5.76 Å². The van der Waals surface area contributed by atoms with E-state index < -0.39 is 0 Å². The van der Waals surface area contributed by atoms with Gasteiger partial charge < -0.3 is 25.3 Å². The van der Waals surface area contributed by atoms with Crippen molar-refractivity contribution in [1.82, 2.24) is 15.6 Å². The number of rotatable bonds is 3. The van der Waals surface area contributed by atoms with Gasteiger partial charge in [-0.25, -0.2) is 0 Å². The molecule has 4 heterocycles. The van der Waals surface area contributed by atoms with Gasteiger partial charge in [-0.1, -0.05) is 37.4 Å². The lowest BCUT2D eigenvalue weighted by molar-refractivity contribution is 0.0905. The molecule has 2 fully saturated rings. The van der Waals surface area contributed by atoms with Gasteiger partial charge in [0.05, 0.1) is 34.0 Å². The summed E-state index contributed by atoms with van der Waals surface area (Å²) in [4.78, 5) is 19.7. The average molecular weight is 492 g/mol. The summed E-state index contributed by atoms with van der Waals surface area (Å²) in [7, 11) is 0. The number of carbonyl (C=O) groups excluding carboxylic acids is 1. The van der Waals surface area contributed by atoms with Crippen LogP contribution in [0, 0.1) is 0 Å². The lowest BCUT2D eigenvalue weighted by Crippen LogP contribution is -2.48. The standard InChI is InChI=1S/C27H30ClN5O2/c1-17-30-24-21(28)14-18-15-22(35-25(18)23(24)27(32-17)9-3-2-4-10-27)26(34)31-19-7-12-33(13-8-19)20-6-5-11-29-16-20/h5-6,11,14-16,19,30,32H,1-4,7-10,12-13H2,(H,31,34). The van der Waals surface area contributed by atoms with E-state index in [0.717, 1.165) is 85.3 Å². The summed E-state index contributed by atoms with van der Waals surface area (Å²) in [5, 5.41) is 11.6. The largest absolute Gasteiger partial charge is 0.450 e. The highest BCUT2D eigenvalue weighted by Gasteiger charge is 2.42. The van der Waals surface area contributed by atoms with Crippen LogP contribution < -0.4 is 20.9 Å². The van der Waals surface area contributed by atoms with Crippen LogP contribution in [0.5, 0.6) is 0 Å². The predicted molar refractivity (Wildman–Crippen MR) is 139 cm³/mol. The van der Waals surface area contributed by atoms with E-state index in [9.17, 15) is 4.79 Å². The first-order valence-electron chi connectivity index (χ1n) is 12.5. The smallest absolute Gasteiger partial charge is 0.287 e. The number of hydrogen-bond donors (Lipinski definition) is 3. The van der Waals surface area contributed by atoms with Gasteiger partial charge in [0.25, 0.3) is 5.91 Å². The van der Waals surface area contributed by atoms with Crippen LogP contribution in [0.25, 0.3) is 11.0 Å². The molecule has 1 spiro atoms. The highest BCUT2D eigenvalue weighted by Crippen LogP contribution is 2.49. The van der Waals surface area contributed by atoms with Gasteiger partial charge in [-0.05, 0) is 49.9 Å². The van der Waals surface area contributed by atoms with E-state index in [1.807, 2.05) is 24.4 Å². The lowest BCUT2D eigenvalue weighted by Gasteiger charge is -2.44. The minimum atomic E-state index is -0.274. The number of hydrogen-bond acceptors (Lipinski definition) is 6. The van der Waals surface area contributed by atoms with Crippen molar-refractivity contribution in [2.24, 2.45) is 0 Å². The fraction of sp³-hybridized carbons (Fsp3) is 0.407. The van der Waals surface area contributed by atoms with Gasteiger partial charge in [-0.2, -0.15) is 0 Å². The molecule has 182 valence electrons. The first kappa shape index (κ1) is 22.3. The van der Waals surface area contributed by atoms with E-state index in [0.29, 0.717) is 10.8 Å². The van der Waals surface area contributed by atoms with E-state index >= 15 is 0 Å². The molecule has 0 radical (unpaired) electrons. The van der Waals surface area contributed by atoms with Gasteiger partial charge in [0, 0.05) is 36.3 Å². The average Bonchev–Trinajstić information content (AvgIpc) is 3.29. The maximum Gasteiger partial charge on any atom is 0.287 e. The maximum atomic E-state index is 13.2. The summed E-state index contributed by atoms with van der Waals surface area (Å²) in [5.41, 5.74) is 3.45. The molecule has 6 rings (SSSR count). The van der Waals surface area contributed by atoms with Crippen molar-refractivity contribution < 1.29 is 9.21 Å². The van der Waals surface area contributed by atoms with Crippen molar-refractivity contribution >= 4 is 39.9 Å². The number of halogens is 1. The molecule has 1 saturated heterocycles. The number of pyridine rings is 1. The number of benzene rings is 1. The molecule has 1 aliphatic carbocycles. The molecular weight excluding hydrogens is 462 g/mol. The second kappa shape index (κ2) is 8.79. The van der Waals surface area contributed by atoms with Crippen molar-refractivity contribution in [1.29, 1.82) is 0 Å². The van der Waals surface area contributed by atoms with E-state index in [2.05, 4.69) is 38.5 Å². The number of nitrogens with one attached hydrogen (secondary N) is 3. The third-order valence-electron chi connectivity index (χ3n) is 7.68. The van der Waals surface area contributed by atoms with Crippen LogP contribution in [0.4, 0.5) is 11.4 Å². The minimum absolute atomic E-state index is 0.109. The number of nitrogens with zero attached hydrogens (tertiary/aromatic N) is 2. The fourth-order valence-electron chi connectivity index (χ4n) is 5.98. The molecule has 8 heteroatoms. The number of anilines is 2. The van der Waals surface area contributed by atoms with Crippen molar-refractivity contribution in [3.63, 3.8) is 0 Å². The number of carbonyl (C=O) groups is 1. The Morgan fingerprint density at radius 3 is 2.77 bits per heavy atom. The highest BCUT2D eigenvalue weighted by molar-refractivity contribution is 6.34. The molecule has 1 aromatic carbocycles. The monoisotopic (exact) mass is 491 g/mol. The fourth-order valence-corrected chi connectivity index (χ4v) is 6.24. The van der Waals surface area contributed by atoms with E-state index in [1.165, 1.54) is 6.42 Å². The first-order chi connectivity index (χ1) is 17.0. The number of furan rings is 1. The summed E-state index contributed by atoms with van der Waals surface area (Å²) < 4.78 is 6.28. The Morgan fingerprint density at radius 1 is 1.23 bits per heavy atom. The van der Waals surface area contributed by atoms with Crippen LogP contribution >= 0.6 is 11.6 Å². The van der Waals surface area contributed by atoms with Crippen LogP contribution in [0.15, 0.2) is 53.5 Å². The second-order valence-corrected chi connectivity index (χ2v) is 10.4. The zero-order chi connectivity index (χ0) is 24.0. The van der Waals surface area contributed by atoms with Gasteiger partial charge in [-0.3, -0.25) is 9.78 Å². The van der Waals surface area contributed by atoms with Crippen molar-refractivity contribution in [3.05, 3.63) is 65.4 Å². The van der Waals surface area contributed by atoms with Crippen LogP contribution in [-0.2, 0) is 5.54 Å². The Balaban J connectivity index is 1.25. The summed E-state index contributed by atoms with van der Waals surface area (Å²) in [6.45, 7) is 5.88. The molecule has 0 atom stereocenters. The summed E-state index contributed by atoms with van der Waals surface area (Å²) in [6.07, 6.45) is 10.8. The van der Waals surface area contributed by atoms with Gasteiger partial charge in [0.1, 0.15) is 5.58 Å². The SMILES string of the molecule is C=C1Nc2c(Cl)cc3cc(C(=O)NC4CCN(c5cccnc5)CC4)oc3c2C2(CCCCC2)N1. The van der Waals surface area contributed by atoms with Gasteiger partial charge in [-0.15, -0.1) is 0 Å². The van der Waals surface area contributed by atoms with Crippen LogP contribution in [0.3, 0.4) is 0 Å². The molecule has 0 unspecified atom stereocenters. The molecule has 3 N–H and O–H groups in total. The molecule has 1 amide bonds. The summed E-state index contributed by atoms with van der Waals surface area (Å²) in [6, 6.07) is 7.84. The maximum absolute atomic E-state index is 13.2. The van der Waals surface area contributed by atoms with Crippen LogP contribution in [-0.4, -0.2) is 30.0 Å². The summed E-state index contributed by atoms with van der Waals surface area (Å²) >= 11 is 6.71. The lowest BCUT2D eigenvalue weighted by atomic mass is 9.74. The normalized spacial score (nSPS) is 19.8. The van der Waals surface area contributed by atoms with Crippen molar-refractivity contribution in [2.75, 3.05) is 23.3 Å². The second-order valence-electron chi connectivity index (χ2n) is 9.95. The third-order valence-corrected chi connectivity index (χ3v) is 7.97. The zero-order valence-electron chi connectivity index (χ0n) is 19.7. The minimum Gasteiger partial charge on any atom is -0.450 e. The quantitative estimate of drug-likeness (QED) is 0.447. The topological polar surface area (TPSA) is 82.4 Å².